The summed E-state index contributed by atoms with van der Waals surface area (Å²) in [5, 5.41) is 0. The Bertz CT molecular complexity index is 393. The highest BCUT2D eigenvalue weighted by Crippen LogP contribution is 2.21. The van der Waals surface area contributed by atoms with Crippen molar-refractivity contribution in [1.29, 1.82) is 0 Å². The number of Topliss-reactive ketones (excluding diaryl/α,β-unsaturated/α-hetero) is 1. The van der Waals surface area contributed by atoms with Gasteiger partial charge in [-0.25, -0.2) is 12.7 Å². The van der Waals surface area contributed by atoms with Crippen LogP contribution in [-0.4, -0.2) is 50.4 Å². The van der Waals surface area contributed by atoms with Crippen LogP contribution in [0.4, 0.5) is 0 Å². The van der Waals surface area contributed by atoms with E-state index in [9.17, 15) is 18.0 Å². The number of hydrogen-bond acceptors (Lipinski definition) is 5. The third-order valence-electron chi connectivity index (χ3n) is 2.99. The molecule has 0 heterocycles. The third-order valence-corrected chi connectivity index (χ3v) is 4.77. The van der Waals surface area contributed by atoms with Gasteiger partial charge in [-0.3, -0.25) is 9.59 Å². The lowest BCUT2D eigenvalue weighted by Gasteiger charge is -2.29. The molecule has 0 bridgehead atoms. The van der Waals surface area contributed by atoms with E-state index in [1.807, 2.05) is 0 Å². The molecule has 98 valence electrons. The fourth-order valence-electron chi connectivity index (χ4n) is 1.82. The second kappa shape index (κ2) is 5.59. The normalized spacial score (nSPS) is 18.4. The second-order valence-electron chi connectivity index (χ2n) is 4.12. The molecule has 0 amide bonds. The van der Waals surface area contributed by atoms with E-state index in [1.54, 1.807) is 0 Å². The zero-order chi connectivity index (χ0) is 13.1. The Morgan fingerprint density at radius 2 is 1.94 bits per heavy atom. The number of carbonyl (C=O) groups is 2. The minimum atomic E-state index is -3.64. The van der Waals surface area contributed by atoms with Crippen LogP contribution < -0.4 is 0 Å². The van der Waals surface area contributed by atoms with Crippen molar-refractivity contribution in [2.45, 2.75) is 31.7 Å². The lowest BCUT2D eigenvalue weighted by molar-refractivity contribution is -0.137. The van der Waals surface area contributed by atoms with Gasteiger partial charge < -0.3 is 4.74 Å². The Morgan fingerprint density at radius 1 is 1.41 bits per heavy atom. The first kappa shape index (κ1) is 14.1. The van der Waals surface area contributed by atoms with Crippen molar-refractivity contribution in [1.82, 2.24) is 4.31 Å². The van der Waals surface area contributed by atoms with E-state index in [0.717, 1.165) is 7.11 Å². The summed E-state index contributed by atoms with van der Waals surface area (Å²) < 4.78 is 29.2. The standard InChI is InChI=1S/C10H17NO5S/c1-11(8-3-5-9(12)6-4-8)17(14,15)7-10(13)16-2/h8H,3-7H2,1-2H3. The number of hydrogen-bond donors (Lipinski definition) is 0. The van der Waals surface area contributed by atoms with Crippen LogP contribution in [0.2, 0.25) is 0 Å². The molecule has 0 saturated heterocycles. The topological polar surface area (TPSA) is 80.8 Å². The number of nitrogens with zero attached hydrogens (tertiary/aromatic N) is 1. The summed E-state index contributed by atoms with van der Waals surface area (Å²) in [6.07, 6.45) is 1.86. The molecule has 1 saturated carbocycles. The first-order chi connectivity index (χ1) is 7.86. The van der Waals surface area contributed by atoms with Crippen molar-refractivity contribution >= 4 is 21.8 Å². The van der Waals surface area contributed by atoms with Gasteiger partial charge in [0, 0.05) is 25.9 Å². The number of sulfonamides is 1. The minimum Gasteiger partial charge on any atom is -0.468 e. The lowest BCUT2D eigenvalue weighted by Crippen LogP contribution is -2.42. The summed E-state index contributed by atoms with van der Waals surface area (Å²) >= 11 is 0. The average Bonchev–Trinajstić information content (AvgIpc) is 2.28. The van der Waals surface area contributed by atoms with Gasteiger partial charge in [-0.1, -0.05) is 0 Å². The maximum absolute atomic E-state index is 11.8. The van der Waals surface area contributed by atoms with Crippen molar-refractivity contribution in [2.75, 3.05) is 19.9 Å². The first-order valence-electron chi connectivity index (χ1n) is 5.41. The van der Waals surface area contributed by atoms with Gasteiger partial charge in [-0.2, -0.15) is 0 Å². The number of ketones is 1. The number of carbonyl (C=O) groups excluding carboxylic acids is 2. The van der Waals surface area contributed by atoms with Crippen LogP contribution in [0.5, 0.6) is 0 Å². The van der Waals surface area contributed by atoms with Crippen LogP contribution in [0.25, 0.3) is 0 Å². The smallest absolute Gasteiger partial charge is 0.322 e. The van der Waals surface area contributed by atoms with Gasteiger partial charge in [0.05, 0.1) is 7.11 Å². The van der Waals surface area contributed by atoms with Gasteiger partial charge in [0.25, 0.3) is 0 Å². The summed E-state index contributed by atoms with van der Waals surface area (Å²) in [5.74, 6) is -1.26. The van der Waals surface area contributed by atoms with Gasteiger partial charge in [-0.15, -0.1) is 0 Å². The van der Waals surface area contributed by atoms with Crippen LogP contribution >= 0.6 is 0 Å². The summed E-state index contributed by atoms with van der Waals surface area (Å²) in [4.78, 5) is 22.0. The molecule has 0 atom stereocenters. The number of methoxy groups -OCH3 is 1. The Morgan fingerprint density at radius 3 is 2.41 bits per heavy atom. The Kier molecular flexibility index (Phi) is 4.64. The summed E-state index contributed by atoms with van der Waals surface area (Å²) in [6, 6.07) is -0.192. The van der Waals surface area contributed by atoms with Gasteiger partial charge in [0.15, 0.2) is 5.75 Å². The molecule has 6 nitrogen and oxygen atoms in total. The summed E-state index contributed by atoms with van der Waals surface area (Å²) in [6.45, 7) is 0. The molecule has 0 aromatic heterocycles. The van der Waals surface area contributed by atoms with Crippen LogP contribution in [0.15, 0.2) is 0 Å². The highest BCUT2D eigenvalue weighted by atomic mass is 32.2. The number of esters is 1. The van der Waals surface area contributed by atoms with E-state index in [4.69, 9.17) is 0 Å². The number of ether oxygens (including phenoxy) is 1. The van der Waals surface area contributed by atoms with Crippen molar-refractivity contribution in [3.05, 3.63) is 0 Å². The molecular weight excluding hydrogens is 246 g/mol. The SMILES string of the molecule is COC(=O)CS(=O)(=O)N(C)C1CCC(=O)CC1. The molecule has 1 aliphatic carbocycles. The van der Waals surface area contributed by atoms with Crippen molar-refractivity contribution in [3.63, 3.8) is 0 Å². The van der Waals surface area contributed by atoms with Crippen LogP contribution in [-0.2, 0) is 24.3 Å². The molecule has 0 aliphatic heterocycles. The molecule has 1 aliphatic rings. The summed E-state index contributed by atoms with van der Waals surface area (Å²) in [7, 11) is -1.05. The monoisotopic (exact) mass is 263 g/mol. The molecule has 0 N–H and O–H groups in total. The molecule has 1 fully saturated rings. The largest absolute Gasteiger partial charge is 0.468 e. The van der Waals surface area contributed by atoms with Gasteiger partial charge in [0.1, 0.15) is 5.78 Å². The van der Waals surface area contributed by atoms with Gasteiger partial charge in [-0.05, 0) is 12.8 Å². The second-order valence-corrected chi connectivity index (χ2v) is 6.15. The zero-order valence-corrected chi connectivity index (χ0v) is 10.8. The van der Waals surface area contributed by atoms with Crippen molar-refractivity contribution in [3.8, 4) is 0 Å². The molecule has 7 heteroatoms. The zero-order valence-electron chi connectivity index (χ0n) is 10.0. The summed E-state index contributed by atoms with van der Waals surface area (Å²) in [5.41, 5.74) is 0. The Labute approximate surface area is 101 Å². The molecule has 0 aromatic carbocycles. The van der Waals surface area contributed by atoms with Gasteiger partial charge in [0.2, 0.25) is 10.0 Å². The maximum Gasteiger partial charge on any atom is 0.322 e. The Balaban J connectivity index is 2.65. The maximum atomic E-state index is 11.8. The van der Waals surface area contributed by atoms with E-state index >= 15 is 0 Å². The molecule has 0 unspecified atom stereocenters. The molecule has 1 rings (SSSR count). The van der Waals surface area contributed by atoms with Crippen LogP contribution in [0.3, 0.4) is 0 Å². The minimum absolute atomic E-state index is 0.167. The molecule has 0 aromatic rings. The van der Waals surface area contributed by atoms with Crippen LogP contribution in [0, 0.1) is 0 Å². The highest BCUT2D eigenvalue weighted by molar-refractivity contribution is 7.89. The molecular formula is C10H17NO5S. The molecule has 0 radical (unpaired) electrons. The fraction of sp³-hybridized carbons (Fsp3) is 0.800. The quantitative estimate of drug-likeness (QED) is 0.663. The van der Waals surface area contributed by atoms with Gasteiger partial charge >= 0.3 is 5.97 Å². The molecule has 0 spiro atoms. The third kappa shape index (κ3) is 3.78. The van der Waals surface area contributed by atoms with Crippen molar-refractivity contribution < 1.29 is 22.7 Å². The Hall–Kier alpha value is -0.950. The van der Waals surface area contributed by atoms with E-state index in [0.29, 0.717) is 25.7 Å². The van der Waals surface area contributed by atoms with E-state index in [2.05, 4.69) is 4.74 Å². The van der Waals surface area contributed by atoms with E-state index in [-0.39, 0.29) is 11.8 Å². The van der Waals surface area contributed by atoms with Crippen LogP contribution in [0.1, 0.15) is 25.7 Å². The van der Waals surface area contributed by atoms with E-state index in [1.165, 1.54) is 11.4 Å². The average molecular weight is 263 g/mol. The number of rotatable bonds is 4. The highest BCUT2D eigenvalue weighted by Gasteiger charge is 2.31. The predicted molar refractivity (Wildman–Crippen MR) is 60.8 cm³/mol. The fourth-order valence-corrected chi connectivity index (χ4v) is 3.11. The van der Waals surface area contributed by atoms with E-state index < -0.39 is 21.7 Å². The van der Waals surface area contributed by atoms with Crippen molar-refractivity contribution in [2.24, 2.45) is 0 Å². The lowest BCUT2D eigenvalue weighted by atomic mass is 9.95. The predicted octanol–water partition coefficient (Wildman–Crippen LogP) is -0.0673. The first-order valence-corrected chi connectivity index (χ1v) is 7.02. The molecule has 17 heavy (non-hydrogen) atoms.